The molecule has 134 valence electrons. The third-order valence-electron chi connectivity index (χ3n) is 4.33. The minimum Gasteiger partial charge on any atom is -0.495 e. The molecule has 1 aromatic carbocycles. The fourth-order valence-electron chi connectivity index (χ4n) is 3.03. The van der Waals surface area contributed by atoms with Crippen LogP contribution >= 0.6 is 0 Å². The molecular formula is C21H17N3O3. The molecule has 0 saturated carbocycles. The van der Waals surface area contributed by atoms with Crippen LogP contribution in [-0.2, 0) is 4.79 Å². The molecule has 1 amide bonds. The Labute approximate surface area is 155 Å². The predicted octanol–water partition coefficient (Wildman–Crippen LogP) is 2.93. The first kappa shape index (κ1) is 16.8. The van der Waals surface area contributed by atoms with Crippen molar-refractivity contribution in [2.75, 3.05) is 12.4 Å². The third-order valence-corrected chi connectivity index (χ3v) is 4.33. The van der Waals surface area contributed by atoms with E-state index in [0.717, 1.165) is 0 Å². The molecule has 6 nitrogen and oxygen atoms in total. The maximum atomic E-state index is 12.5. The average Bonchev–Trinajstić information content (AvgIpc) is 3.40. The molecule has 0 fully saturated rings. The summed E-state index contributed by atoms with van der Waals surface area (Å²) < 4.78 is 5.30. The van der Waals surface area contributed by atoms with Crippen LogP contribution in [0.1, 0.15) is 28.6 Å². The summed E-state index contributed by atoms with van der Waals surface area (Å²) in [5, 5.41) is 13.0. The molecule has 1 aliphatic heterocycles. The lowest BCUT2D eigenvalue weighted by Crippen LogP contribution is -2.03. The number of aliphatic hydroxyl groups excluding tert-OH is 1. The monoisotopic (exact) mass is 359 g/mol. The van der Waals surface area contributed by atoms with E-state index in [1.54, 1.807) is 43.8 Å². The Kier molecular flexibility index (Phi) is 4.29. The molecule has 3 aromatic rings. The molecule has 1 atom stereocenters. The number of aromatic nitrogens is 2. The summed E-state index contributed by atoms with van der Waals surface area (Å²) in [4.78, 5) is 18.5. The van der Waals surface area contributed by atoms with E-state index in [2.05, 4.69) is 27.1 Å². The molecule has 0 bridgehead atoms. The van der Waals surface area contributed by atoms with Gasteiger partial charge in [-0.1, -0.05) is 17.9 Å². The van der Waals surface area contributed by atoms with E-state index in [9.17, 15) is 9.90 Å². The summed E-state index contributed by atoms with van der Waals surface area (Å²) in [6.07, 6.45) is 4.29. The number of fused-ring (bicyclic) bond motifs is 1. The highest BCUT2D eigenvalue weighted by Gasteiger charge is 2.27. The van der Waals surface area contributed by atoms with Gasteiger partial charge in [0, 0.05) is 23.5 Å². The van der Waals surface area contributed by atoms with Crippen LogP contribution in [0.4, 0.5) is 5.69 Å². The summed E-state index contributed by atoms with van der Waals surface area (Å²) in [5.41, 5.74) is 3.88. The van der Waals surface area contributed by atoms with Gasteiger partial charge in [-0.3, -0.25) is 4.79 Å². The molecular weight excluding hydrogens is 342 g/mol. The number of rotatable bonds is 3. The Morgan fingerprint density at radius 2 is 2.04 bits per heavy atom. The van der Waals surface area contributed by atoms with Gasteiger partial charge in [0.1, 0.15) is 5.75 Å². The second-order valence-corrected chi connectivity index (χ2v) is 6.00. The van der Waals surface area contributed by atoms with Crippen molar-refractivity contribution in [3.63, 3.8) is 0 Å². The van der Waals surface area contributed by atoms with E-state index in [4.69, 9.17) is 4.74 Å². The first-order valence-electron chi connectivity index (χ1n) is 8.38. The number of benzene rings is 1. The van der Waals surface area contributed by atoms with Crippen molar-refractivity contribution >= 4 is 23.2 Å². The number of anilines is 1. The summed E-state index contributed by atoms with van der Waals surface area (Å²) in [5.74, 6) is 6.26. The Morgan fingerprint density at radius 1 is 1.15 bits per heavy atom. The van der Waals surface area contributed by atoms with Crippen molar-refractivity contribution in [2.45, 2.75) is 6.10 Å². The minimum absolute atomic E-state index is 0.208. The lowest BCUT2D eigenvalue weighted by molar-refractivity contribution is -0.110. The highest BCUT2D eigenvalue weighted by Crippen LogP contribution is 2.36. The fraction of sp³-hybridized carbons (Fsp3) is 0.0952. The molecule has 0 saturated heterocycles. The summed E-state index contributed by atoms with van der Waals surface area (Å²) in [7, 11) is 1.58. The molecule has 1 aliphatic rings. The van der Waals surface area contributed by atoms with Gasteiger partial charge in [0.05, 0.1) is 29.8 Å². The van der Waals surface area contributed by atoms with Gasteiger partial charge in [-0.05, 0) is 36.4 Å². The number of ether oxygens (including phenoxy) is 1. The summed E-state index contributed by atoms with van der Waals surface area (Å²) >= 11 is 0. The van der Waals surface area contributed by atoms with Gasteiger partial charge < -0.3 is 25.1 Å². The summed E-state index contributed by atoms with van der Waals surface area (Å²) in [6, 6.07) is 10.8. The highest BCUT2D eigenvalue weighted by molar-refractivity contribution is 6.35. The molecule has 0 aliphatic carbocycles. The maximum Gasteiger partial charge on any atom is 0.256 e. The van der Waals surface area contributed by atoms with Crippen LogP contribution in [0.2, 0.25) is 0 Å². The minimum atomic E-state index is -0.933. The number of methoxy groups -OCH3 is 1. The van der Waals surface area contributed by atoms with Gasteiger partial charge >= 0.3 is 0 Å². The quantitative estimate of drug-likeness (QED) is 0.428. The molecule has 0 radical (unpaired) electrons. The Bertz CT molecular complexity index is 1080. The van der Waals surface area contributed by atoms with Crippen LogP contribution in [0.15, 0.2) is 48.8 Å². The van der Waals surface area contributed by atoms with Crippen LogP contribution in [0.25, 0.3) is 11.6 Å². The first-order valence-corrected chi connectivity index (χ1v) is 8.38. The molecule has 27 heavy (non-hydrogen) atoms. The van der Waals surface area contributed by atoms with Crippen LogP contribution in [0.5, 0.6) is 5.75 Å². The van der Waals surface area contributed by atoms with Gasteiger partial charge in [0.25, 0.3) is 5.91 Å². The number of aliphatic hydroxyl groups is 1. The number of hydrogen-bond donors (Lipinski definition) is 4. The fourth-order valence-corrected chi connectivity index (χ4v) is 3.03. The molecule has 3 heterocycles. The second-order valence-electron chi connectivity index (χ2n) is 6.00. The molecule has 4 rings (SSSR count). The van der Waals surface area contributed by atoms with E-state index in [-0.39, 0.29) is 5.91 Å². The van der Waals surface area contributed by atoms with E-state index < -0.39 is 6.10 Å². The van der Waals surface area contributed by atoms with Crippen LogP contribution in [-0.4, -0.2) is 28.1 Å². The van der Waals surface area contributed by atoms with Crippen molar-refractivity contribution < 1.29 is 14.6 Å². The van der Waals surface area contributed by atoms with E-state index in [1.807, 2.05) is 18.2 Å². The van der Waals surface area contributed by atoms with Gasteiger partial charge in [0.15, 0.2) is 6.10 Å². The van der Waals surface area contributed by atoms with Gasteiger partial charge in [0.2, 0.25) is 0 Å². The van der Waals surface area contributed by atoms with E-state index >= 15 is 0 Å². The van der Waals surface area contributed by atoms with Gasteiger partial charge in [-0.15, -0.1) is 0 Å². The largest absolute Gasteiger partial charge is 0.495 e. The molecule has 4 N–H and O–H groups in total. The van der Waals surface area contributed by atoms with Crippen molar-refractivity contribution in [1.82, 2.24) is 9.97 Å². The highest BCUT2D eigenvalue weighted by atomic mass is 16.5. The first-order chi connectivity index (χ1) is 13.2. The zero-order valence-electron chi connectivity index (χ0n) is 14.5. The lowest BCUT2D eigenvalue weighted by atomic mass is 9.99. The number of aromatic amines is 2. The number of carbonyl (C=O) groups is 1. The van der Waals surface area contributed by atoms with Crippen LogP contribution in [0, 0.1) is 11.8 Å². The standard InChI is InChI=1S/C21H17N3O3/c1-27-19-9-11-23-17(19)12-14-20-13(4-2-5-16(20)24-21(14)26)7-8-18(25)15-6-3-10-22-15/h2-6,9-12,18,22-23,25H,1H3,(H,24,26). The molecule has 0 spiro atoms. The third kappa shape index (κ3) is 3.12. The predicted molar refractivity (Wildman–Crippen MR) is 103 cm³/mol. The number of amides is 1. The number of nitrogens with one attached hydrogen (secondary N) is 3. The van der Waals surface area contributed by atoms with Crippen molar-refractivity contribution in [1.29, 1.82) is 0 Å². The second kappa shape index (κ2) is 6.90. The zero-order valence-corrected chi connectivity index (χ0v) is 14.5. The normalized spacial score (nSPS) is 15.0. The number of carbonyl (C=O) groups excluding carboxylic acids is 1. The summed E-state index contributed by atoms with van der Waals surface area (Å²) in [6.45, 7) is 0. The SMILES string of the molecule is COc1cc[nH]c1C=C1C(=O)Nc2cccc(C#CC(O)c3ccc[nH]3)c21. The number of H-pyrrole nitrogens is 2. The lowest BCUT2D eigenvalue weighted by Gasteiger charge is -2.04. The molecule has 2 aromatic heterocycles. The van der Waals surface area contributed by atoms with Gasteiger partial charge in [-0.25, -0.2) is 0 Å². The van der Waals surface area contributed by atoms with E-state index in [1.165, 1.54) is 0 Å². The van der Waals surface area contributed by atoms with Crippen molar-refractivity contribution in [2.24, 2.45) is 0 Å². The van der Waals surface area contributed by atoms with Crippen molar-refractivity contribution in [3.8, 4) is 17.6 Å². The van der Waals surface area contributed by atoms with Crippen LogP contribution < -0.4 is 10.1 Å². The van der Waals surface area contributed by atoms with E-state index in [0.29, 0.717) is 39.5 Å². The van der Waals surface area contributed by atoms with Crippen molar-refractivity contribution in [3.05, 3.63) is 71.3 Å². The topological polar surface area (TPSA) is 90.1 Å². The maximum absolute atomic E-state index is 12.5. The smallest absolute Gasteiger partial charge is 0.256 e. The average molecular weight is 359 g/mol. The Hall–Kier alpha value is -3.69. The Balaban J connectivity index is 1.76. The van der Waals surface area contributed by atoms with Gasteiger partial charge in [-0.2, -0.15) is 0 Å². The zero-order chi connectivity index (χ0) is 18.8. The van der Waals surface area contributed by atoms with Crippen LogP contribution in [0.3, 0.4) is 0 Å². The molecule has 1 unspecified atom stereocenters. The number of hydrogen-bond acceptors (Lipinski definition) is 3. The Morgan fingerprint density at radius 3 is 2.81 bits per heavy atom. The molecule has 6 heteroatoms.